The van der Waals surface area contributed by atoms with E-state index in [1.807, 2.05) is 0 Å². The van der Waals surface area contributed by atoms with Gasteiger partial charge in [0.25, 0.3) is 0 Å². The van der Waals surface area contributed by atoms with Crippen LogP contribution in [-0.2, 0) is 0 Å². The molecule has 0 radical (unpaired) electrons. The third-order valence-corrected chi connectivity index (χ3v) is 7.19. The Bertz CT molecular complexity index is 218. The molecule has 122 valence electrons. The van der Waals surface area contributed by atoms with Crippen molar-refractivity contribution in [1.29, 1.82) is 0 Å². The quantitative estimate of drug-likeness (QED) is 0.193. The van der Waals surface area contributed by atoms with Gasteiger partial charge in [-0.3, -0.25) is 0 Å². The van der Waals surface area contributed by atoms with Crippen molar-refractivity contribution in [1.82, 2.24) is 0 Å². The molecule has 2 nitrogen and oxygen atoms in total. The number of unbranched alkanes of at least 4 members (excludes halogenated alkanes) is 5. The van der Waals surface area contributed by atoms with Gasteiger partial charge in [-0.15, -0.1) is 0 Å². The van der Waals surface area contributed by atoms with Crippen LogP contribution in [0.1, 0.15) is 51.4 Å². The normalized spacial score (nSPS) is 16.2. The molecule has 2 atom stereocenters. The van der Waals surface area contributed by atoms with Gasteiger partial charge in [0.2, 0.25) is 0 Å². The highest BCUT2D eigenvalue weighted by atomic mass is 79.9. The Balaban J connectivity index is 3.42. The molecule has 0 saturated heterocycles. The highest BCUT2D eigenvalue weighted by Gasteiger charge is 2.20. The van der Waals surface area contributed by atoms with Crippen molar-refractivity contribution >= 4 is 31.9 Å². The van der Waals surface area contributed by atoms with Crippen molar-refractivity contribution < 1.29 is 8.97 Å². The summed E-state index contributed by atoms with van der Waals surface area (Å²) in [7, 11) is 13.5. The van der Waals surface area contributed by atoms with Gasteiger partial charge in [-0.25, -0.2) is 0 Å². The lowest BCUT2D eigenvalue weighted by atomic mass is 10.1. The van der Waals surface area contributed by atoms with Crippen molar-refractivity contribution in [3.63, 3.8) is 0 Å². The van der Waals surface area contributed by atoms with Gasteiger partial charge in [0.05, 0.1) is 42.3 Å². The Morgan fingerprint density at radius 3 is 1.05 bits per heavy atom. The van der Waals surface area contributed by atoms with Gasteiger partial charge in [-0.2, -0.15) is 0 Å². The molecule has 0 heterocycles. The molecule has 0 aliphatic rings. The van der Waals surface area contributed by atoms with Crippen LogP contribution in [0.15, 0.2) is 0 Å². The maximum Gasteiger partial charge on any atom is 0.143 e. The maximum atomic E-state index is 3.79. The van der Waals surface area contributed by atoms with Gasteiger partial charge >= 0.3 is 0 Å². The lowest BCUT2D eigenvalue weighted by Gasteiger charge is -2.30. The minimum Gasteiger partial charge on any atom is -0.320 e. The smallest absolute Gasteiger partial charge is 0.143 e. The minimum absolute atomic E-state index is 0.598. The number of halogens is 2. The zero-order chi connectivity index (χ0) is 15.8. The molecule has 0 rings (SSSR count). The van der Waals surface area contributed by atoms with Crippen LogP contribution in [-0.4, -0.2) is 61.2 Å². The average molecular weight is 416 g/mol. The van der Waals surface area contributed by atoms with Crippen LogP contribution >= 0.6 is 31.9 Å². The molecule has 0 amide bonds. The average Bonchev–Trinajstić information content (AvgIpc) is 2.29. The van der Waals surface area contributed by atoms with E-state index < -0.39 is 0 Å². The Morgan fingerprint density at radius 2 is 0.800 bits per heavy atom. The van der Waals surface area contributed by atoms with E-state index in [4.69, 9.17) is 0 Å². The topological polar surface area (TPSA) is 0 Å². The summed E-state index contributed by atoms with van der Waals surface area (Å²) in [4.78, 5) is 1.20. The van der Waals surface area contributed by atoms with Gasteiger partial charge in [0.15, 0.2) is 0 Å². The summed E-state index contributed by atoms with van der Waals surface area (Å²) in [6.45, 7) is 0. The Kier molecular flexibility index (Phi) is 10.2. The number of hydrogen-bond acceptors (Lipinski definition) is 0. The first-order valence-electron chi connectivity index (χ1n) is 7.95. The highest BCUT2D eigenvalue weighted by Crippen LogP contribution is 2.20. The van der Waals surface area contributed by atoms with Crippen LogP contribution in [0.2, 0.25) is 0 Å². The number of quaternary nitrogens is 2. The Morgan fingerprint density at radius 1 is 0.550 bits per heavy atom. The van der Waals surface area contributed by atoms with Crippen LogP contribution < -0.4 is 0 Å². The van der Waals surface area contributed by atoms with E-state index in [2.05, 4.69) is 74.1 Å². The molecule has 0 bridgehead atoms. The molecule has 0 saturated carbocycles. The third kappa shape index (κ3) is 10.6. The zero-order valence-electron chi connectivity index (χ0n) is 14.5. The summed E-state index contributed by atoms with van der Waals surface area (Å²) in [5.41, 5.74) is 0. The van der Waals surface area contributed by atoms with Crippen molar-refractivity contribution in [2.45, 2.75) is 61.3 Å². The van der Waals surface area contributed by atoms with E-state index in [0.29, 0.717) is 9.90 Å². The van der Waals surface area contributed by atoms with Crippen molar-refractivity contribution in [2.75, 3.05) is 42.3 Å². The van der Waals surface area contributed by atoms with Gasteiger partial charge in [0.1, 0.15) is 9.90 Å². The van der Waals surface area contributed by atoms with Gasteiger partial charge < -0.3 is 8.97 Å². The first-order valence-corrected chi connectivity index (χ1v) is 9.78. The summed E-state index contributed by atoms with van der Waals surface area (Å²) >= 11 is 7.58. The number of rotatable bonds is 11. The number of hydrogen-bond donors (Lipinski definition) is 0. The van der Waals surface area contributed by atoms with Crippen molar-refractivity contribution in [3.05, 3.63) is 0 Å². The molecule has 4 heteroatoms. The molecule has 0 aromatic rings. The van der Waals surface area contributed by atoms with E-state index in [1.54, 1.807) is 0 Å². The van der Waals surface area contributed by atoms with E-state index in [1.165, 1.54) is 51.4 Å². The van der Waals surface area contributed by atoms with E-state index in [-0.39, 0.29) is 0 Å². The fourth-order valence-electron chi connectivity index (χ4n) is 2.11. The predicted octanol–water partition coefficient (Wildman–Crippen LogP) is 4.96. The monoisotopic (exact) mass is 414 g/mol. The van der Waals surface area contributed by atoms with Crippen molar-refractivity contribution in [3.8, 4) is 0 Å². The second-order valence-electron chi connectivity index (χ2n) is 7.80. The third-order valence-electron chi connectivity index (χ3n) is 3.82. The van der Waals surface area contributed by atoms with Crippen molar-refractivity contribution in [2.24, 2.45) is 0 Å². The van der Waals surface area contributed by atoms with Gasteiger partial charge in [-0.05, 0) is 44.7 Å². The van der Waals surface area contributed by atoms with Gasteiger partial charge in [-0.1, -0.05) is 25.7 Å². The molecular formula is C16H36Br2N2+2. The number of nitrogens with zero attached hydrogens (tertiary/aromatic N) is 2. The summed E-state index contributed by atoms with van der Waals surface area (Å²) in [5, 5.41) is 0. The van der Waals surface area contributed by atoms with Crippen LogP contribution in [0.4, 0.5) is 0 Å². The lowest BCUT2D eigenvalue weighted by Crippen LogP contribution is -2.41. The van der Waals surface area contributed by atoms with Crippen LogP contribution in [0.25, 0.3) is 0 Å². The van der Waals surface area contributed by atoms with Crippen LogP contribution in [0.3, 0.4) is 0 Å². The molecule has 0 spiro atoms. The minimum atomic E-state index is 0.598. The Hall–Kier alpha value is 0.880. The molecule has 2 unspecified atom stereocenters. The molecule has 0 aromatic heterocycles. The van der Waals surface area contributed by atoms with Gasteiger partial charge in [0, 0.05) is 12.8 Å². The summed E-state index contributed by atoms with van der Waals surface area (Å²) in [6, 6.07) is 0. The fourth-order valence-corrected chi connectivity index (χ4v) is 2.75. The van der Waals surface area contributed by atoms with E-state index in [0.717, 1.165) is 8.97 Å². The molecule has 0 aliphatic heterocycles. The maximum absolute atomic E-state index is 3.79. The summed E-state index contributed by atoms with van der Waals surface area (Å²) < 4.78 is 2.02. The summed E-state index contributed by atoms with van der Waals surface area (Å²) in [5.74, 6) is 0. The Labute approximate surface area is 144 Å². The molecule has 0 aliphatic carbocycles. The zero-order valence-corrected chi connectivity index (χ0v) is 17.6. The lowest BCUT2D eigenvalue weighted by molar-refractivity contribution is -0.879. The fraction of sp³-hybridized carbons (Fsp3) is 1.00. The second kappa shape index (κ2) is 9.81. The van der Waals surface area contributed by atoms with E-state index in [9.17, 15) is 0 Å². The first kappa shape index (κ1) is 20.9. The molecule has 0 fully saturated rings. The van der Waals surface area contributed by atoms with Crippen LogP contribution in [0, 0.1) is 0 Å². The van der Waals surface area contributed by atoms with Crippen LogP contribution in [0.5, 0.6) is 0 Å². The SMILES string of the molecule is C[N+](C)(C)C(Br)CCCCCCCCC(Br)[N+](C)(C)C. The van der Waals surface area contributed by atoms with E-state index >= 15 is 0 Å². The standard InChI is InChI=1S/C16H36Br2N2/c1-19(2,3)15(17)13-11-9-7-8-10-12-14-16(18)20(4,5)6/h15-16H,7-14H2,1-6H3/q+2. The molecular weight excluding hydrogens is 380 g/mol. The number of alkyl halides is 2. The first-order chi connectivity index (χ1) is 9.05. The summed E-state index contributed by atoms with van der Waals surface area (Å²) in [6.07, 6.45) is 10.8. The molecule has 0 N–H and O–H groups in total. The highest BCUT2D eigenvalue weighted by molar-refractivity contribution is 9.09. The second-order valence-corrected chi connectivity index (χ2v) is 9.91. The molecule has 0 aromatic carbocycles. The largest absolute Gasteiger partial charge is 0.320 e. The predicted molar refractivity (Wildman–Crippen MR) is 98.4 cm³/mol. The molecule has 20 heavy (non-hydrogen) atoms.